The van der Waals surface area contributed by atoms with Crippen LogP contribution in [0, 0.1) is 0 Å². The Labute approximate surface area is 221 Å². The first-order valence-electron chi connectivity index (χ1n) is 13.2. The van der Waals surface area contributed by atoms with Gasteiger partial charge in [-0.1, -0.05) is 6.92 Å². The van der Waals surface area contributed by atoms with E-state index < -0.39 is 92.0 Å². The fraction of sp³-hybridized carbons (Fsp3) is 0.957. The fourth-order valence-electron chi connectivity index (χ4n) is 5.15. The average Bonchev–Trinajstić information content (AvgIpc) is 2.89. The van der Waals surface area contributed by atoms with Crippen LogP contribution in [0.3, 0.4) is 0 Å². The molecular weight excluding hydrogens is 506 g/mol. The summed E-state index contributed by atoms with van der Waals surface area (Å²) in [5.74, 6) is -0.748. The SMILES string of the molecule is CCC1CCC(N)[C@@H](OC2C(O)[C@@H](O[C@H]3OC(CO)[C@@H](O)[C@H](N)C3O)[C@H](NC(=O)[C@@H](O)CCN)C[C@@H]2N)O1. The van der Waals surface area contributed by atoms with Crippen LogP contribution in [-0.4, -0.2) is 130 Å². The number of carbonyl (C=O) groups excluding carboxylic acids is 1. The molecule has 2 saturated heterocycles. The molecule has 14 atom stereocenters. The number of nitrogens with one attached hydrogen (secondary N) is 1. The van der Waals surface area contributed by atoms with Gasteiger partial charge >= 0.3 is 0 Å². The van der Waals surface area contributed by atoms with E-state index in [1.807, 2.05) is 6.92 Å². The van der Waals surface area contributed by atoms with Crippen molar-refractivity contribution in [2.24, 2.45) is 22.9 Å². The van der Waals surface area contributed by atoms with Crippen molar-refractivity contribution in [2.45, 2.75) is 125 Å². The van der Waals surface area contributed by atoms with Crippen LogP contribution >= 0.6 is 0 Å². The molecule has 1 saturated carbocycles. The van der Waals surface area contributed by atoms with Gasteiger partial charge in [-0.15, -0.1) is 0 Å². The highest BCUT2D eigenvalue weighted by Crippen LogP contribution is 2.31. The van der Waals surface area contributed by atoms with E-state index in [0.717, 1.165) is 12.8 Å². The number of ether oxygens (including phenoxy) is 4. The fourth-order valence-corrected chi connectivity index (χ4v) is 5.15. The van der Waals surface area contributed by atoms with Gasteiger partial charge in [-0.05, 0) is 38.6 Å². The number of aliphatic hydroxyl groups is 5. The highest BCUT2D eigenvalue weighted by molar-refractivity contribution is 5.80. The Morgan fingerprint density at radius 3 is 2.32 bits per heavy atom. The Morgan fingerprint density at radius 2 is 1.68 bits per heavy atom. The van der Waals surface area contributed by atoms with Crippen LogP contribution in [0.25, 0.3) is 0 Å². The van der Waals surface area contributed by atoms with E-state index in [1.54, 1.807) is 0 Å². The predicted molar refractivity (Wildman–Crippen MR) is 132 cm³/mol. The van der Waals surface area contributed by atoms with Gasteiger partial charge in [0.15, 0.2) is 12.6 Å². The second kappa shape index (κ2) is 14.0. The minimum absolute atomic E-state index is 0.00922. The summed E-state index contributed by atoms with van der Waals surface area (Å²) in [7, 11) is 0. The van der Waals surface area contributed by atoms with Crippen molar-refractivity contribution >= 4 is 5.91 Å². The summed E-state index contributed by atoms with van der Waals surface area (Å²) in [4.78, 5) is 12.6. The summed E-state index contributed by atoms with van der Waals surface area (Å²) in [5.41, 5.74) is 23.9. The summed E-state index contributed by atoms with van der Waals surface area (Å²) in [5, 5.41) is 54.4. The molecule has 1 amide bonds. The number of hydrogen-bond donors (Lipinski definition) is 10. The first-order valence-corrected chi connectivity index (χ1v) is 13.2. The summed E-state index contributed by atoms with van der Waals surface area (Å²) in [6.45, 7) is 1.45. The summed E-state index contributed by atoms with van der Waals surface area (Å²) in [6, 6.07) is -3.42. The molecule has 1 aliphatic carbocycles. The van der Waals surface area contributed by atoms with E-state index in [9.17, 15) is 30.3 Å². The highest BCUT2D eigenvalue weighted by Gasteiger charge is 2.51. The Bertz CT molecular complexity index is 753. The topological polar surface area (TPSA) is 271 Å². The zero-order chi connectivity index (χ0) is 28.1. The third-order valence-electron chi connectivity index (χ3n) is 7.56. The minimum Gasteiger partial charge on any atom is -0.394 e. The van der Waals surface area contributed by atoms with Gasteiger partial charge in [0, 0.05) is 6.04 Å². The van der Waals surface area contributed by atoms with E-state index in [2.05, 4.69) is 5.32 Å². The van der Waals surface area contributed by atoms with E-state index >= 15 is 0 Å². The Balaban J connectivity index is 1.82. The number of nitrogens with two attached hydrogens (primary N) is 4. The molecule has 0 bridgehead atoms. The molecule has 15 nitrogen and oxygen atoms in total. The molecule has 2 heterocycles. The van der Waals surface area contributed by atoms with Crippen molar-refractivity contribution < 1.29 is 49.3 Å². The average molecular weight is 552 g/mol. The van der Waals surface area contributed by atoms with Gasteiger partial charge < -0.3 is 72.7 Å². The van der Waals surface area contributed by atoms with Gasteiger partial charge in [0.05, 0.1) is 30.8 Å². The van der Waals surface area contributed by atoms with Gasteiger partial charge in [-0.2, -0.15) is 0 Å². The second-order valence-corrected chi connectivity index (χ2v) is 10.4. The maximum atomic E-state index is 12.6. The van der Waals surface area contributed by atoms with Gasteiger partial charge in [0.2, 0.25) is 5.91 Å². The van der Waals surface area contributed by atoms with Crippen molar-refractivity contribution in [3.63, 3.8) is 0 Å². The van der Waals surface area contributed by atoms with E-state index in [1.165, 1.54) is 0 Å². The van der Waals surface area contributed by atoms with Crippen molar-refractivity contribution in [1.82, 2.24) is 5.32 Å². The van der Waals surface area contributed by atoms with Crippen LogP contribution < -0.4 is 28.3 Å². The molecule has 3 rings (SSSR count). The number of hydrogen-bond acceptors (Lipinski definition) is 14. The van der Waals surface area contributed by atoms with Crippen molar-refractivity contribution in [3.05, 3.63) is 0 Å². The lowest BCUT2D eigenvalue weighted by Crippen LogP contribution is -2.69. The lowest BCUT2D eigenvalue weighted by Gasteiger charge is -2.48. The predicted octanol–water partition coefficient (Wildman–Crippen LogP) is -4.95. The third-order valence-corrected chi connectivity index (χ3v) is 7.56. The first-order chi connectivity index (χ1) is 18.0. The quantitative estimate of drug-likeness (QED) is 0.122. The Kier molecular flexibility index (Phi) is 11.6. The number of carbonyl (C=O) groups is 1. The van der Waals surface area contributed by atoms with E-state index in [4.69, 9.17) is 41.9 Å². The summed E-state index contributed by atoms with van der Waals surface area (Å²) < 4.78 is 23.5. The summed E-state index contributed by atoms with van der Waals surface area (Å²) >= 11 is 0. The number of amides is 1. The van der Waals surface area contributed by atoms with Gasteiger partial charge in [0.25, 0.3) is 0 Å². The standard InChI is InChI=1S/C23H45N5O10/c1-2-9-3-4-10(25)22(35-9)37-19-11(26)7-12(28-21(34)13(30)5-6-24)20(18(19)33)38-23-17(32)15(27)16(31)14(8-29)36-23/h9-20,22-23,29-33H,2-8,24-27H2,1H3,(H,28,34)/t9?,10?,11-,12+,13-,14?,15-,16+,17?,18?,19?,20-,22+,23+/m0/s1. The van der Waals surface area contributed by atoms with Crippen molar-refractivity contribution in [2.75, 3.05) is 13.2 Å². The zero-order valence-corrected chi connectivity index (χ0v) is 21.6. The molecule has 222 valence electrons. The van der Waals surface area contributed by atoms with Gasteiger partial charge in [-0.25, -0.2) is 0 Å². The maximum Gasteiger partial charge on any atom is 0.249 e. The molecule has 0 spiro atoms. The number of rotatable bonds is 10. The first kappa shape index (κ1) is 31.5. The van der Waals surface area contributed by atoms with Crippen LogP contribution in [0.1, 0.15) is 39.0 Å². The van der Waals surface area contributed by atoms with E-state index in [-0.39, 0.29) is 25.5 Å². The molecule has 38 heavy (non-hydrogen) atoms. The molecule has 2 aliphatic heterocycles. The van der Waals surface area contributed by atoms with Gasteiger partial charge in [-0.3, -0.25) is 4.79 Å². The van der Waals surface area contributed by atoms with Crippen molar-refractivity contribution in [3.8, 4) is 0 Å². The van der Waals surface area contributed by atoms with E-state index in [0.29, 0.717) is 6.42 Å². The lowest BCUT2D eigenvalue weighted by atomic mass is 9.83. The molecule has 0 aromatic rings. The molecule has 6 unspecified atom stereocenters. The Hall–Kier alpha value is -1.05. The van der Waals surface area contributed by atoms with Crippen LogP contribution in [0.2, 0.25) is 0 Å². The summed E-state index contributed by atoms with van der Waals surface area (Å²) in [6.07, 6.45) is -9.37. The smallest absolute Gasteiger partial charge is 0.249 e. The molecule has 0 aromatic carbocycles. The maximum absolute atomic E-state index is 12.6. The highest BCUT2D eigenvalue weighted by atomic mass is 16.7. The Morgan fingerprint density at radius 1 is 1.00 bits per heavy atom. The molecule has 15 heteroatoms. The molecule has 3 aliphatic rings. The van der Waals surface area contributed by atoms with Gasteiger partial charge in [0.1, 0.15) is 42.7 Å². The normalized spacial score (nSPS) is 44.9. The van der Waals surface area contributed by atoms with Crippen LogP contribution in [-0.2, 0) is 23.7 Å². The second-order valence-electron chi connectivity index (χ2n) is 10.4. The third kappa shape index (κ3) is 7.17. The van der Waals surface area contributed by atoms with Crippen LogP contribution in [0.15, 0.2) is 0 Å². The van der Waals surface area contributed by atoms with Crippen LogP contribution in [0.4, 0.5) is 0 Å². The lowest BCUT2D eigenvalue weighted by molar-refractivity contribution is -0.314. The minimum atomic E-state index is -1.53. The molecule has 3 fully saturated rings. The molecule has 0 radical (unpaired) electrons. The monoisotopic (exact) mass is 551 g/mol. The number of aliphatic hydroxyl groups excluding tert-OH is 5. The van der Waals surface area contributed by atoms with Crippen molar-refractivity contribution in [1.29, 1.82) is 0 Å². The molecule has 0 aromatic heterocycles. The van der Waals surface area contributed by atoms with Crippen LogP contribution in [0.5, 0.6) is 0 Å². The molecular formula is C23H45N5O10. The molecule has 14 N–H and O–H groups in total. The largest absolute Gasteiger partial charge is 0.394 e. The zero-order valence-electron chi connectivity index (χ0n) is 21.6.